The standard InChI is InChI=1S/C12H16O2.2C2H6/c13-8-11-6-12(7-11)14-9-10-4-2-1-3-5-10;2*1-2/h1-5,11-13H,6-9H2;2*1-2H3. The molecule has 0 bridgehead atoms. The Morgan fingerprint density at radius 2 is 1.61 bits per heavy atom. The molecule has 2 heteroatoms. The van der Waals surface area contributed by atoms with Crippen molar-refractivity contribution in [2.75, 3.05) is 6.61 Å². The van der Waals surface area contributed by atoms with Gasteiger partial charge in [0, 0.05) is 6.61 Å². The first kappa shape index (κ1) is 17.1. The Bertz CT molecular complexity index is 266. The van der Waals surface area contributed by atoms with Crippen molar-refractivity contribution < 1.29 is 9.84 Å². The topological polar surface area (TPSA) is 29.5 Å². The quantitative estimate of drug-likeness (QED) is 0.876. The van der Waals surface area contributed by atoms with Gasteiger partial charge in [-0.2, -0.15) is 0 Å². The van der Waals surface area contributed by atoms with Crippen molar-refractivity contribution in [2.24, 2.45) is 5.92 Å². The Hall–Kier alpha value is -0.860. The summed E-state index contributed by atoms with van der Waals surface area (Å²) in [7, 11) is 0. The number of aliphatic hydroxyl groups is 1. The molecule has 1 fully saturated rings. The fraction of sp³-hybridized carbons (Fsp3) is 0.625. The number of aliphatic hydroxyl groups excluding tert-OH is 1. The molecule has 1 N–H and O–H groups in total. The summed E-state index contributed by atoms with van der Waals surface area (Å²) in [4.78, 5) is 0. The molecule has 2 nitrogen and oxygen atoms in total. The van der Waals surface area contributed by atoms with Crippen LogP contribution in [0, 0.1) is 5.92 Å². The average molecular weight is 252 g/mol. The lowest BCUT2D eigenvalue weighted by Gasteiger charge is -2.33. The van der Waals surface area contributed by atoms with Gasteiger partial charge in [-0.1, -0.05) is 58.0 Å². The van der Waals surface area contributed by atoms with Crippen LogP contribution in [0.5, 0.6) is 0 Å². The van der Waals surface area contributed by atoms with Gasteiger partial charge in [-0.3, -0.25) is 0 Å². The minimum Gasteiger partial charge on any atom is -0.396 e. The van der Waals surface area contributed by atoms with Gasteiger partial charge in [0.2, 0.25) is 0 Å². The Balaban J connectivity index is 0.000000659. The van der Waals surface area contributed by atoms with Crippen LogP contribution in [-0.2, 0) is 11.3 Å². The van der Waals surface area contributed by atoms with Crippen molar-refractivity contribution in [1.29, 1.82) is 0 Å². The van der Waals surface area contributed by atoms with E-state index >= 15 is 0 Å². The first-order valence-corrected chi connectivity index (χ1v) is 7.15. The summed E-state index contributed by atoms with van der Waals surface area (Å²) in [6.07, 6.45) is 2.40. The van der Waals surface area contributed by atoms with Crippen molar-refractivity contribution in [3.05, 3.63) is 35.9 Å². The Morgan fingerprint density at radius 3 is 2.11 bits per heavy atom. The summed E-state index contributed by atoms with van der Waals surface area (Å²) < 4.78 is 5.68. The van der Waals surface area contributed by atoms with E-state index in [1.165, 1.54) is 5.56 Å². The lowest BCUT2D eigenvalue weighted by molar-refractivity contribution is -0.0532. The zero-order valence-corrected chi connectivity index (χ0v) is 12.2. The van der Waals surface area contributed by atoms with E-state index in [1.807, 2.05) is 45.9 Å². The smallest absolute Gasteiger partial charge is 0.0720 e. The number of rotatable bonds is 4. The van der Waals surface area contributed by atoms with Gasteiger partial charge in [0.05, 0.1) is 12.7 Å². The van der Waals surface area contributed by atoms with Gasteiger partial charge in [-0.25, -0.2) is 0 Å². The third-order valence-electron chi connectivity index (χ3n) is 2.78. The third-order valence-corrected chi connectivity index (χ3v) is 2.78. The molecule has 1 aliphatic carbocycles. The van der Waals surface area contributed by atoms with Crippen molar-refractivity contribution >= 4 is 0 Å². The van der Waals surface area contributed by atoms with Crippen LogP contribution in [0.3, 0.4) is 0 Å². The van der Waals surface area contributed by atoms with E-state index in [9.17, 15) is 0 Å². The molecule has 0 aromatic heterocycles. The Labute approximate surface area is 112 Å². The maximum Gasteiger partial charge on any atom is 0.0720 e. The van der Waals surface area contributed by atoms with E-state index in [2.05, 4.69) is 12.1 Å². The van der Waals surface area contributed by atoms with E-state index in [0.717, 1.165) is 12.8 Å². The maximum absolute atomic E-state index is 8.83. The molecule has 1 aliphatic rings. The molecule has 18 heavy (non-hydrogen) atoms. The van der Waals surface area contributed by atoms with Crippen LogP contribution >= 0.6 is 0 Å². The fourth-order valence-electron chi connectivity index (χ4n) is 1.75. The van der Waals surface area contributed by atoms with Crippen molar-refractivity contribution in [2.45, 2.75) is 53.2 Å². The average Bonchev–Trinajstić information content (AvgIpc) is 2.43. The minimum absolute atomic E-state index is 0.311. The highest BCUT2D eigenvalue weighted by Crippen LogP contribution is 2.29. The van der Waals surface area contributed by atoms with Gasteiger partial charge < -0.3 is 9.84 Å². The molecule has 1 saturated carbocycles. The van der Waals surface area contributed by atoms with Crippen LogP contribution in [0.25, 0.3) is 0 Å². The monoisotopic (exact) mass is 252 g/mol. The van der Waals surface area contributed by atoms with Crippen molar-refractivity contribution in [3.63, 3.8) is 0 Å². The summed E-state index contributed by atoms with van der Waals surface area (Å²) in [6.45, 7) is 9.01. The van der Waals surface area contributed by atoms with Gasteiger partial charge in [0.25, 0.3) is 0 Å². The second-order valence-corrected chi connectivity index (χ2v) is 3.94. The molecule has 104 valence electrons. The molecule has 0 atom stereocenters. The van der Waals surface area contributed by atoms with Crippen LogP contribution in [0.4, 0.5) is 0 Å². The number of ether oxygens (including phenoxy) is 1. The molecule has 0 unspecified atom stereocenters. The van der Waals surface area contributed by atoms with Crippen LogP contribution in [0.1, 0.15) is 46.1 Å². The molecule has 0 radical (unpaired) electrons. The molecule has 0 saturated heterocycles. The van der Waals surface area contributed by atoms with Crippen LogP contribution in [-0.4, -0.2) is 17.8 Å². The van der Waals surface area contributed by atoms with Crippen LogP contribution < -0.4 is 0 Å². The Kier molecular flexibility index (Phi) is 10.7. The SMILES string of the molecule is CC.CC.OCC1CC(OCc2ccccc2)C1. The highest BCUT2D eigenvalue weighted by Gasteiger charge is 2.28. The summed E-state index contributed by atoms with van der Waals surface area (Å²) in [6, 6.07) is 10.2. The summed E-state index contributed by atoms with van der Waals surface area (Å²) >= 11 is 0. The van der Waals surface area contributed by atoms with Gasteiger partial charge in [-0.15, -0.1) is 0 Å². The summed E-state index contributed by atoms with van der Waals surface area (Å²) in [5.74, 6) is 0.482. The number of hydrogen-bond donors (Lipinski definition) is 1. The first-order valence-electron chi connectivity index (χ1n) is 7.15. The van der Waals surface area contributed by atoms with Gasteiger partial charge >= 0.3 is 0 Å². The van der Waals surface area contributed by atoms with E-state index in [4.69, 9.17) is 9.84 Å². The number of benzene rings is 1. The third kappa shape index (κ3) is 6.18. The minimum atomic E-state index is 0.311. The van der Waals surface area contributed by atoms with E-state index in [1.54, 1.807) is 0 Å². The highest BCUT2D eigenvalue weighted by molar-refractivity contribution is 5.13. The van der Waals surface area contributed by atoms with E-state index in [0.29, 0.717) is 25.2 Å². The second kappa shape index (κ2) is 11.2. The lowest BCUT2D eigenvalue weighted by Crippen LogP contribution is -2.33. The second-order valence-electron chi connectivity index (χ2n) is 3.94. The largest absolute Gasteiger partial charge is 0.396 e. The van der Waals surface area contributed by atoms with Crippen LogP contribution in [0.2, 0.25) is 0 Å². The first-order chi connectivity index (χ1) is 8.88. The predicted octanol–water partition coefficient (Wildman–Crippen LogP) is 4.03. The lowest BCUT2D eigenvalue weighted by atomic mass is 9.83. The fourth-order valence-corrected chi connectivity index (χ4v) is 1.75. The molecule has 1 aromatic rings. The zero-order chi connectivity index (χ0) is 13.8. The number of hydrogen-bond acceptors (Lipinski definition) is 2. The van der Waals surface area contributed by atoms with Crippen molar-refractivity contribution in [3.8, 4) is 0 Å². The molecule has 0 heterocycles. The molecule has 0 amide bonds. The molecule has 2 rings (SSSR count). The van der Waals surface area contributed by atoms with E-state index in [-0.39, 0.29) is 0 Å². The molecular formula is C16H28O2. The van der Waals surface area contributed by atoms with Crippen molar-refractivity contribution in [1.82, 2.24) is 0 Å². The van der Waals surface area contributed by atoms with E-state index < -0.39 is 0 Å². The normalized spacial score (nSPS) is 20.7. The summed E-state index contributed by atoms with van der Waals surface area (Å²) in [5.41, 5.74) is 1.22. The van der Waals surface area contributed by atoms with Gasteiger partial charge in [-0.05, 0) is 24.3 Å². The molecule has 0 spiro atoms. The highest BCUT2D eigenvalue weighted by atomic mass is 16.5. The molecule has 1 aromatic carbocycles. The predicted molar refractivity (Wildman–Crippen MR) is 77.5 cm³/mol. The Morgan fingerprint density at radius 1 is 1.06 bits per heavy atom. The molecular weight excluding hydrogens is 224 g/mol. The summed E-state index contributed by atoms with van der Waals surface area (Å²) in [5, 5.41) is 8.83. The van der Waals surface area contributed by atoms with Gasteiger partial charge in [0.1, 0.15) is 0 Å². The maximum atomic E-state index is 8.83. The molecule has 0 aliphatic heterocycles. The van der Waals surface area contributed by atoms with Gasteiger partial charge in [0.15, 0.2) is 0 Å². The van der Waals surface area contributed by atoms with Crippen LogP contribution in [0.15, 0.2) is 30.3 Å². The zero-order valence-electron chi connectivity index (χ0n) is 12.2.